The van der Waals surface area contributed by atoms with Crippen LogP contribution in [0, 0.1) is 6.92 Å². The summed E-state index contributed by atoms with van der Waals surface area (Å²) in [6.07, 6.45) is 0. The lowest BCUT2D eigenvalue weighted by Crippen LogP contribution is -2.34. The van der Waals surface area contributed by atoms with Gasteiger partial charge in [-0.25, -0.2) is 4.98 Å². The van der Waals surface area contributed by atoms with Crippen LogP contribution in [0.3, 0.4) is 0 Å². The smallest absolute Gasteiger partial charge is 0.257 e. The minimum atomic E-state index is -0.271. The van der Waals surface area contributed by atoms with Crippen LogP contribution < -0.4 is 15.4 Å². The second-order valence-electron chi connectivity index (χ2n) is 5.25. The van der Waals surface area contributed by atoms with Gasteiger partial charge in [-0.3, -0.25) is 10.1 Å². The van der Waals surface area contributed by atoms with Crippen molar-refractivity contribution in [1.82, 2.24) is 10.3 Å². The zero-order chi connectivity index (χ0) is 18.0. The van der Waals surface area contributed by atoms with E-state index in [0.717, 1.165) is 15.8 Å². The standard InChI is InChI=1S/C17H14ClN3O2S2/c1-9-4-3-5-10(6-9)15(22)20-16(24)21-17-19-12-7-11(18)13(23-2)8-14(12)25-17/h3-8H,1-2H3,(H2,19,20,21,22,24). The molecule has 0 unspecified atom stereocenters. The van der Waals surface area contributed by atoms with Crippen molar-refractivity contribution in [2.75, 3.05) is 12.4 Å². The number of thiazole rings is 1. The molecule has 2 N–H and O–H groups in total. The molecule has 5 nitrogen and oxygen atoms in total. The molecule has 0 saturated heterocycles. The Hall–Kier alpha value is -2.22. The normalized spacial score (nSPS) is 10.5. The molecule has 25 heavy (non-hydrogen) atoms. The van der Waals surface area contributed by atoms with Crippen LogP contribution in [0.2, 0.25) is 5.02 Å². The summed E-state index contributed by atoms with van der Waals surface area (Å²) in [6, 6.07) is 10.8. The fourth-order valence-corrected chi connectivity index (χ4v) is 3.60. The molecule has 0 radical (unpaired) electrons. The summed E-state index contributed by atoms with van der Waals surface area (Å²) in [4.78, 5) is 16.6. The van der Waals surface area contributed by atoms with Crippen LogP contribution in [-0.4, -0.2) is 23.1 Å². The van der Waals surface area contributed by atoms with Crippen LogP contribution in [0.15, 0.2) is 36.4 Å². The van der Waals surface area contributed by atoms with E-state index < -0.39 is 0 Å². The maximum atomic E-state index is 12.2. The number of ether oxygens (including phenoxy) is 1. The lowest BCUT2D eigenvalue weighted by molar-refractivity contribution is 0.0977. The zero-order valence-corrected chi connectivity index (χ0v) is 15.8. The number of fused-ring (bicyclic) bond motifs is 1. The van der Waals surface area contributed by atoms with E-state index in [1.807, 2.05) is 25.1 Å². The van der Waals surface area contributed by atoms with Gasteiger partial charge in [-0.15, -0.1) is 0 Å². The van der Waals surface area contributed by atoms with E-state index in [1.165, 1.54) is 11.3 Å². The van der Waals surface area contributed by atoms with Gasteiger partial charge in [-0.2, -0.15) is 0 Å². The SMILES string of the molecule is COc1cc2sc(NC(=S)NC(=O)c3cccc(C)c3)nc2cc1Cl. The number of carbonyl (C=O) groups is 1. The number of benzene rings is 2. The van der Waals surface area contributed by atoms with Crippen molar-refractivity contribution in [3.63, 3.8) is 0 Å². The minimum absolute atomic E-state index is 0.184. The van der Waals surface area contributed by atoms with Gasteiger partial charge in [0.1, 0.15) is 5.75 Å². The fourth-order valence-electron chi connectivity index (χ4n) is 2.23. The van der Waals surface area contributed by atoms with Crippen molar-refractivity contribution in [3.05, 3.63) is 52.5 Å². The Bertz CT molecular complexity index is 972. The number of carbonyl (C=O) groups excluding carboxylic acids is 1. The molecule has 0 spiro atoms. The van der Waals surface area contributed by atoms with Crippen molar-refractivity contribution in [2.24, 2.45) is 0 Å². The molecule has 0 aliphatic heterocycles. The van der Waals surface area contributed by atoms with Crippen LogP contribution in [0.4, 0.5) is 5.13 Å². The van der Waals surface area contributed by atoms with Gasteiger partial charge in [-0.1, -0.05) is 40.6 Å². The number of nitrogens with zero attached hydrogens (tertiary/aromatic N) is 1. The summed E-state index contributed by atoms with van der Waals surface area (Å²) in [7, 11) is 1.56. The lowest BCUT2D eigenvalue weighted by atomic mass is 10.1. The van der Waals surface area contributed by atoms with E-state index in [4.69, 9.17) is 28.6 Å². The lowest BCUT2D eigenvalue weighted by Gasteiger charge is -2.07. The molecule has 0 fully saturated rings. The summed E-state index contributed by atoms with van der Waals surface area (Å²) >= 11 is 12.7. The third-order valence-corrected chi connectivity index (χ3v) is 4.82. The second-order valence-corrected chi connectivity index (χ2v) is 7.10. The number of aryl methyl sites for hydroxylation is 1. The summed E-state index contributed by atoms with van der Waals surface area (Å²) in [6.45, 7) is 1.92. The van der Waals surface area contributed by atoms with Gasteiger partial charge >= 0.3 is 0 Å². The molecule has 0 saturated carbocycles. The quantitative estimate of drug-likeness (QED) is 0.648. The predicted octanol–water partition coefficient (Wildman–Crippen LogP) is 4.39. The molecule has 2 aromatic carbocycles. The Kier molecular flexibility index (Phi) is 5.17. The zero-order valence-electron chi connectivity index (χ0n) is 13.4. The van der Waals surface area contributed by atoms with Crippen LogP contribution in [0.5, 0.6) is 5.75 Å². The van der Waals surface area contributed by atoms with Gasteiger partial charge < -0.3 is 10.1 Å². The second kappa shape index (κ2) is 7.35. The number of amides is 1. The van der Waals surface area contributed by atoms with Gasteiger partial charge in [0, 0.05) is 11.6 Å². The highest BCUT2D eigenvalue weighted by Gasteiger charge is 2.12. The highest BCUT2D eigenvalue weighted by molar-refractivity contribution is 7.80. The topological polar surface area (TPSA) is 63.2 Å². The molecule has 1 aromatic heterocycles. The predicted molar refractivity (Wildman–Crippen MR) is 106 cm³/mol. The summed E-state index contributed by atoms with van der Waals surface area (Å²) in [5.41, 5.74) is 2.28. The number of nitrogens with one attached hydrogen (secondary N) is 2. The van der Waals surface area contributed by atoms with Crippen LogP contribution in [0.1, 0.15) is 15.9 Å². The first-order valence-corrected chi connectivity index (χ1v) is 8.89. The molecule has 1 heterocycles. The molecule has 0 aliphatic carbocycles. The summed E-state index contributed by atoms with van der Waals surface area (Å²) in [5, 5.41) is 6.81. The van der Waals surface area contributed by atoms with Crippen molar-refractivity contribution in [3.8, 4) is 5.75 Å². The van der Waals surface area contributed by atoms with Crippen LogP contribution in [0.25, 0.3) is 10.2 Å². The number of rotatable bonds is 3. The number of anilines is 1. The van der Waals surface area contributed by atoms with Crippen molar-refractivity contribution < 1.29 is 9.53 Å². The van der Waals surface area contributed by atoms with Crippen molar-refractivity contribution in [2.45, 2.75) is 6.92 Å². The average Bonchev–Trinajstić information content (AvgIpc) is 2.94. The average molecular weight is 392 g/mol. The molecule has 0 atom stereocenters. The summed E-state index contributed by atoms with van der Waals surface area (Å²) in [5.74, 6) is 0.312. The van der Waals surface area contributed by atoms with Crippen molar-refractivity contribution >= 4 is 61.5 Å². The molecule has 1 amide bonds. The number of hydrogen-bond donors (Lipinski definition) is 2. The maximum Gasteiger partial charge on any atom is 0.257 e. The fraction of sp³-hybridized carbons (Fsp3) is 0.118. The van der Waals surface area contributed by atoms with E-state index in [2.05, 4.69) is 15.6 Å². The Labute approximate surface area is 159 Å². The first-order chi connectivity index (χ1) is 12.0. The number of methoxy groups -OCH3 is 1. The van der Waals surface area contributed by atoms with E-state index in [1.54, 1.807) is 25.3 Å². The molecule has 0 bridgehead atoms. The first-order valence-electron chi connectivity index (χ1n) is 7.29. The molecule has 8 heteroatoms. The molecule has 3 rings (SSSR count). The van der Waals surface area contributed by atoms with E-state index in [0.29, 0.717) is 21.5 Å². The molecular formula is C17H14ClN3O2S2. The highest BCUT2D eigenvalue weighted by atomic mass is 35.5. The van der Waals surface area contributed by atoms with Crippen molar-refractivity contribution in [1.29, 1.82) is 0 Å². The third kappa shape index (κ3) is 4.07. The molecule has 0 aliphatic rings. The van der Waals surface area contributed by atoms with Crippen LogP contribution >= 0.6 is 35.2 Å². The number of hydrogen-bond acceptors (Lipinski definition) is 5. The molecule has 3 aromatic rings. The largest absolute Gasteiger partial charge is 0.495 e. The third-order valence-electron chi connectivity index (χ3n) is 3.39. The van der Waals surface area contributed by atoms with E-state index >= 15 is 0 Å². The Morgan fingerprint density at radius 3 is 2.84 bits per heavy atom. The number of aromatic nitrogens is 1. The van der Waals surface area contributed by atoms with Gasteiger partial charge in [0.15, 0.2) is 10.2 Å². The summed E-state index contributed by atoms with van der Waals surface area (Å²) < 4.78 is 6.10. The Morgan fingerprint density at radius 1 is 1.32 bits per heavy atom. The van der Waals surface area contributed by atoms with E-state index in [-0.39, 0.29) is 11.0 Å². The van der Waals surface area contributed by atoms with Gasteiger partial charge in [0.2, 0.25) is 0 Å². The Morgan fingerprint density at radius 2 is 2.12 bits per heavy atom. The number of halogens is 1. The Balaban J connectivity index is 1.72. The maximum absolute atomic E-state index is 12.2. The first kappa shape index (κ1) is 17.6. The van der Waals surface area contributed by atoms with Gasteiger partial charge in [0.25, 0.3) is 5.91 Å². The highest BCUT2D eigenvalue weighted by Crippen LogP contribution is 2.34. The molecular weight excluding hydrogens is 378 g/mol. The van der Waals surface area contributed by atoms with Gasteiger partial charge in [0.05, 0.1) is 22.3 Å². The number of thiocarbonyl (C=S) groups is 1. The monoisotopic (exact) mass is 391 g/mol. The van der Waals surface area contributed by atoms with Crippen LogP contribution in [-0.2, 0) is 0 Å². The van der Waals surface area contributed by atoms with E-state index in [9.17, 15) is 4.79 Å². The van der Waals surface area contributed by atoms with Gasteiger partial charge in [-0.05, 0) is 37.3 Å². The molecule has 128 valence electrons. The minimum Gasteiger partial charge on any atom is -0.495 e.